The summed E-state index contributed by atoms with van der Waals surface area (Å²) in [5, 5.41) is 1.43. The highest BCUT2D eigenvalue weighted by molar-refractivity contribution is 7.13. The van der Waals surface area contributed by atoms with Crippen molar-refractivity contribution in [3.8, 4) is 5.69 Å². The molecular formula is C39H41F6N7O8S2. The number of rotatable bonds is 8. The number of carbonyl (C=O) groups excluding carboxylic acids is 2. The molecule has 0 fully saturated rings. The van der Waals surface area contributed by atoms with Gasteiger partial charge in [0.25, 0.3) is 11.6 Å². The molecule has 0 aliphatic rings. The molecular weight excluding hydrogens is 873 g/mol. The molecule has 4 heterocycles. The number of carbonyl (C=O) groups is 2. The summed E-state index contributed by atoms with van der Waals surface area (Å²) >= 11 is 2.49. The second kappa shape index (κ2) is 18.5. The second-order valence-electron chi connectivity index (χ2n) is 14.5. The van der Waals surface area contributed by atoms with E-state index in [2.05, 4.69) is 18.1 Å². The molecule has 0 radical (unpaired) electrons. The Labute approximate surface area is 356 Å². The van der Waals surface area contributed by atoms with Crippen molar-refractivity contribution in [2.75, 3.05) is 37.9 Å². The lowest BCUT2D eigenvalue weighted by Gasteiger charge is -2.20. The van der Waals surface area contributed by atoms with Gasteiger partial charge in [-0.25, -0.2) is 14.2 Å². The van der Waals surface area contributed by atoms with Gasteiger partial charge in [0.05, 0.1) is 45.8 Å². The summed E-state index contributed by atoms with van der Waals surface area (Å²) < 4.78 is 102. The highest BCUT2D eigenvalue weighted by Crippen LogP contribution is 2.36. The average molecular weight is 914 g/mol. The Bertz CT molecular complexity index is 2790. The van der Waals surface area contributed by atoms with Gasteiger partial charge in [-0.15, -0.1) is 0 Å². The first-order valence-corrected chi connectivity index (χ1v) is 19.8. The van der Waals surface area contributed by atoms with Crippen LogP contribution >= 0.6 is 23.1 Å². The predicted octanol–water partition coefficient (Wildman–Crippen LogP) is 6.84. The lowest BCUT2D eigenvalue weighted by atomic mass is 9.87. The zero-order valence-corrected chi connectivity index (χ0v) is 36.3. The number of anilines is 2. The summed E-state index contributed by atoms with van der Waals surface area (Å²) in [5.41, 5.74) is -0.129. The quantitative estimate of drug-likeness (QED) is 0.0948. The van der Waals surface area contributed by atoms with Crippen LogP contribution in [0.15, 0.2) is 67.3 Å². The summed E-state index contributed by atoms with van der Waals surface area (Å²) in [5.74, 6) is -0.759. The van der Waals surface area contributed by atoms with Crippen molar-refractivity contribution in [2.45, 2.75) is 64.7 Å². The normalized spacial score (nSPS) is 12.0. The first-order chi connectivity index (χ1) is 28.7. The van der Waals surface area contributed by atoms with Gasteiger partial charge >= 0.3 is 35.6 Å². The van der Waals surface area contributed by atoms with Gasteiger partial charge < -0.3 is 24.5 Å². The summed E-state index contributed by atoms with van der Waals surface area (Å²) in [4.78, 5) is 64.3. The van der Waals surface area contributed by atoms with Crippen LogP contribution in [0.3, 0.4) is 0 Å². The van der Waals surface area contributed by atoms with E-state index in [9.17, 15) is 50.3 Å². The molecule has 6 aromatic rings. The minimum Gasteiger partial charge on any atom is -0.465 e. The van der Waals surface area contributed by atoms with Crippen molar-refractivity contribution in [2.24, 2.45) is 7.05 Å². The van der Waals surface area contributed by atoms with E-state index in [1.807, 2.05) is 32.0 Å². The minimum atomic E-state index is -4.84. The van der Waals surface area contributed by atoms with Gasteiger partial charge in [-0.1, -0.05) is 0 Å². The first kappa shape index (κ1) is 48.6. The minimum absolute atomic E-state index is 0.0722. The van der Waals surface area contributed by atoms with Crippen molar-refractivity contribution < 1.29 is 49.8 Å². The van der Waals surface area contributed by atoms with Crippen molar-refractivity contribution in [3.63, 3.8) is 0 Å². The number of benzene rings is 2. The van der Waals surface area contributed by atoms with Gasteiger partial charge in [0, 0.05) is 43.7 Å². The topological polar surface area (TPSA) is 195 Å². The molecule has 0 spiro atoms. The van der Waals surface area contributed by atoms with Gasteiger partial charge in [-0.2, -0.15) is 40.1 Å². The number of alkyl halides is 6. The van der Waals surface area contributed by atoms with E-state index in [0.29, 0.717) is 49.3 Å². The number of esters is 2. The van der Waals surface area contributed by atoms with Crippen LogP contribution < -0.4 is 27.5 Å². The molecule has 4 aromatic heterocycles. The van der Waals surface area contributed by atoms with Crippen LogP contribution in [0.2, 0.25) is 0 Å². The molecule has 0 amide bonds. The Balaban J connectivity index is 0.000000224. The molecule has 0 aliphatic carbocycles. The molecule has 0 unspecified atom stereocenters. The maximum atomic E-state index is 13.1. The van der Waals surface area contributed by atoms with E-state index in [4.69, 9.17) is 15.2 Å². The lowest BCUT2D eigenvalue weighted by Crippen LogP contribution is -2.40. The van der Waals surface area contributed by atoms with Crippen molar-refractivity contribution in [1.29, 1.82) is 0 Å². The molecule has 15 nitrogen and oxygen atoms in total. The molecule has 0 aliphatic heterocycles. The number of aromatic nitrogens is 5. The average Bonchev–Trinajstić information content (AvgIpc) is 3.81. The highest BCUT2D eigenvalue weighted by Gasteiger charge is 2.38. The van der Waals surface area contributed by atoms with Gasteiger partial charge in [0.1, 0.15) is 16.5 Å². The highest BCUT2D eigenvalue weighted by atomic mass is 32.1. The van der Waals surface area contributed by atoms with Gasteiger partial charge in [0.2, 0.25) is 0 Å². The number of hydrogen-bond donors (Lipinski definition) is 1. The van der Waals surface area contributed by atoms with Crippen LogP contribution in [0, 0.1) is 0 Å². The zero-order chi connectivity index (χ0) is 46.7. The number of fused-ring (bicyclic) bond motifs is 2. The largest absolute Gasteiger partial charge is 0.465 e. The zero-order valence-electron chi connectivity index (χ0n) is 34.6. The first-order valence-electron chi connectivity index (χ1n) is 18.2. The molecule has 62 heavy (non-hydrogen) atoms. The van der Waals surface area contributed by atoms with Crippen molar-refractivity contribution in [3.05, 3.63) is 103 Å². The summed E-state index contributed by atoms with van der Waals surface area (Å²) in [6.07, 6.45) is -9.48. The van der Waals surface area contributed by atoms with Crippen LogP contribution in [0.1, 0.15) is 64.3 Å². The van der Waals surface area contributed by atoms with Crippen LogP contribution in [0.5, 0.6) is 0 Å². The fourth-order valence-corrected chi connectivity index (χ4v) is 7.40. The Hall–Kier alpha value is -6.10. The number of halogens is 6. The van der Waals surface area contributed by atoms with E-state index < -0.39 is 57.4 Å². The van der Waals surface area contributed by atoms with Gasteiger partial charge in [-0.05, 0) is 101 Å². The summed E-state index contributed by atoms with van der Waals surface area (Å²) in [6.45, 7) is 10.9. The number of ether oxygens (including phenoxy) is 2. The number of hydrogen-bond acceptors (Lipinski definition) is 15. The Morgan fingerprint density at radius 1 is 0.774 bits per heavy atom. The second-order valence-corrected chi connectivity index (χ2v) is 16.1. The Morgan fingerprint density at radius 2 is 1.27 bits per heavy atom. The van der Waals surface area contributed by atoms with Crippen LogP contribution in [-0.4, -0.2) is 62.1 Å². The molecule has 6 rings (SSSR count). The SMILES string of the molecule is CCOC(=O)C(C)(C)c1nsc2ccc(-n3c(=O)cc(C(F)(F)F)n(C)c3=O)cc12.CCOC(=O)C(C)(C)c1nsc2ccc(N)cc12.CN(C)c1nc(C(F)(F)F)cc(=O)o1. The lowest BCUT2D eigenvalue weighted by molar-refractivity contribution is -0.149. The van der Waals surface area contributed by atoms with Crippen LogP contribution in [-0.2, 0) is 49.3 Å². The number of nitrogens with zero attached hydrogens (tertiary/aromatic N) is 6. The van der Waals surface area contributed by atoms with E-state index in [1.54, 1.807) is 33.8 Å². The van der Waals surface area contributed by atoms with Crippen molar-refractivity contribution >= 4 is 66.9 Å². The van der Waals surface area contributed by atoms with Gasteiger partial charge in [0.15, 0.2) is 5.69 Å². The molecule has 2 aromatic carbocycles. The number of nitrogen functional groups attached to an aromatic ring is 1. The standard InChI is InChI=1S/C19H18F3N3O4S.C13H16N2O2S.C7H7F3N2O2/c1-5-29-16(27)18(2,3)15-11-8-10(6-7-12(11)30-23-15)25-14(26)9-13(19(20,21)22)24(4)17(25)28;1-4-17-12(16)13(2,3)11-9-7-8(14)5-6-10(9)18-15-11;1-12(2)6-11-4(7(8,9)10)3-5(13)14-6/h6-9H,5H2,1-4H3;5-7H,4,14H2,1-3H3;3H,1-2H3. The fourth-order valence-electron chi connectivity index (χ4n) is 5.60. The van der Waals surface area contributed by atoms with Crippen LogP contribution in [0.4, 0.5) is 38.0 Å². The predicted molar refractivity (Wildman–Crippen MR) is 221 cm³/mol. The summed E-state index contributed by atoms with van der Waals surface area (Å²) in [7, 11) is 3.79. The maximum Gasteiger partial charge on any atom is 0.433 e. The van der Waals surface area contributed by atoms with Crippen molar-refractivity contribution in [1.82, 2.24) is 22.9 Å². The third kappa shape index (κ3) is 10.5. The van der Waals surface area contributed by atoms with E-state index in [0.717, 1.165) is 34.4 Å². The molecule has 0 atom stereocenters. The van der Waals surface area contributed by atoms with Gasteiger partial charge in [-0.3, -0.25) is 19.0 Å². The van der Waals surface area contributed by atoms with E-state index in [-0.39, 0.29) is 24.3 Å². The monoisotopic (exact) mass is 913 g/mol. The smallest absolute Gasteiger partial charge is 0.433 e. The van der Waals surface area contributed by atoms with Crippen LogP contribution in [0.25, 0.3) is 25.9 Å². The fraction of sp³-hybridized carbons (Fsp3) is 0.385. The molecule has 2 N–H and O–H groups in total. The summed E-state index contributed by atoms with van der Waals surface area (Å²) in [6, 6.07) is 10.4. The third-order valence-electron chi connectivity index (χ3n) is 8.91. The van der Waals surface area contributed by atoms with E-state index >= 15 is 0 Å². The third-order valence-corrected chi connectivity index (χ3v) is 10.6. The number of nitrogens with two attached hydrogens (primary N) is 1. The maximum absolute atomic E-state index is 13.1. The molecule has 0 bridgehead atoms. The Kier molecular flexibility index (Phi) is 14.5. The Morgan fingerprint density at radius 3 is 1.74 bits per heavy atom. The molecule has 0 saturated carbocycles. The molecule has 334 valence electrons. The molecule has 23 heteroatoms. The molecule has 0 saturated heterocycles. The van der Waals surface area contributed by atoms with E-state index in [1.165, 1.54) is 42.7 Å².